The van der Waals surface area contributed by atoms with Crippen molar-refractivity contribution < 1.29 is 9.59 Å². The lowest BCUT2D eigenvalue weighted by atomic mass is 10.1. The molecule has 1 fully saturated rings. The highest BCUT2D eigenvalue weighted by Crippen LogP contribution is 2.17. The summed E-state index contributed by atoms with van der Waals surface area (Å²) in [6.07, 6.45) is 1.43. The van der Waals surface area contributed by atoms with Crippen LogP contribution in [0.15, 0.2) is 35.3 Å². The second-order valence-corrected chi connectivity index (χ2v) is 6.68. The summed E-state index contributed by atoms with van der Waals surface area (Å²) in [7, 11) is 0. The van der Waals surface area contributed by atoms with Crippen LogP contribution in [0, 0.1) is 5.92 Å². The number of carbonyl (C=O) groups is 2. The van der Waals surface area contributed by atoms with Crippen molar-refractivity contribution in [1.29, 1.82) is 0 Å². The molecule has 0 spiro atoms. The molecule has 7 nitrogen and oxygen atoms in total. The van der Waals surface area contributed by atoms with Crippen LogP contribution in [-0.4, -0.2) is 61.9 Å². The maximum Gasteiger partial charge on any atom is 0.241 e. The number of amides is 2. The summed E-state index contributed by atoms with van der Waals surface area (Å²) >= 11 is 0. The van der Waals surface area contributed by atoms with Crippen LogP contribution in [0.3, 0.4) is 0 Å². The third-order valence-electron chi connectivity index (χ3n) is 4.46. The second-order valence-electron chi connectivity index (χ2n) is 6.68. The minimum Gasteiger partial charge on any atom is -0.357 e. The lowest BCUT2D eigenvalue weighted by molar-refractivity contribution is -0.127. The SMILES string of the molecule is CCNC(=O)CN=C(NCC)NCC1CC(=O)N(CCc2ccccc2)C1.I. The maximum atomic E-state index is 12.3. The fourth-order valence-corrected chi connectivity index (χ4v) is 3.10. The molecule has 0 aromatic heterocycles. The van der Waals surface area contributed by atoms with Gasteiger partial charge in [0.05, 0.1) is 0 Å². The molecule has 0 aliphatic carbocycles. The molecule has 0 radical (unpaired) electrons. The highest BCUT2D eigenvalue weighted by molar-refractivity contribution is 14.0. The Morgan fingerprint density at radius 3 is 2.54 bits per heavy atom. The maximum absolute atomic E-state index is 12.3. The fraction of sp³-hybridized carbons (Fsp3) is 0.550. The third-order valence-corrected chi connectivity index (χ3v) is 4.46. The van der Waals surface area contributed by atoms with E-state index >= 15 is 0 Å². The Labute approximate surface area is 184 Å². The van der Waals surface area contributed by atoms with Crippen molar-refractivity contribution >= 4 is 41.8 Å². The Hall–Kier alpha value is -1.84. The summed E-state index contributed by atoms with van der Waals surface area (Å²) in [4.78, 5) is 30.1. The topological polar surface area (TPSA) is 85.8 Å². The summed E-state index contributed by atoms with van der Waals surface area (Å²) in [6, 6.07) is 10.2. The molecule has 156 valence electrons. The largest absolute Gasteiger partial charge is 0.357 e. The van der Waals surface area contributed by atoms with E-state index in [0.717, 1.165) is 19.5 Å². The molecular weight excluding hydrogens is 469 g/mol. The van der Waals surface area contributed by atoms with Gasteiger partial charge in [-0.25, -0.2) is 4.99 Å². The van der Waals surface area contributed by atoms with Gasteiger partial charge < -0.3 is 20.9 Å². The minimum atomic E-state index is -0.0992. The zero-order valence-corrected chi connectivity index (χ0v) is 19.1. The van der Waals surface area contributed by atoms with Crippen LogP contribution in [0.25, 0.3) is 0 Å². The number of nitrogens with one attached hydrogen (secondary N) is 3. The van der Waals surface area contributed by atoms with E-state index in [1.54, 1.807) is 0 Å². The van der Waals surface area contributed by atoms with Gasteiger partial charge in [0.2, 0.25) is 11.8 Å². The van der Waals surface area contributed by atoms with Gasteiger partial charge in [0.1, 0.15) is 6.54 Å². The quantitative estimate of drug-likeness (QED) is 0.271. The number of aliphatic imine (C=N–C) groups is 1. The van der Waals surface area contributed by atoms with Gasteiger partial charge in [0.25, 0.3) is 0 Å². The number of likely N-dealkylation sites (tertiary alicyclic amines) is 1. The van der Waals surface area contributed by atoms with Crippen LogP contribution in [-0.2, 0) is 16.0 Å². The molecule has 1 aliphatic rings. The van der Waals surface area contributed by atoms with Gasteiger partial charge in [-0.05, 0) is 25.8 Å². The Balaban J connectivity index is 0.00000392. The second kappa shape index (κ2) is 13.4. The Kier molecular flexibility index (Phi) is 11.5. The monoisotopic (exact) mass is 501 g/mol. The standard InChI is InChI=1S/C20H31N5O2.HI/c1-3-21-18(26)14-24-20(22-4-2)23-13-17-12-19(27)25(15-17)11-10-16-8-6-5-7-9-16;/h5-9,17H,3-4,10-15H2,1-2H3,(H,21,26)(H2,22,23,24);1H. The Bertz CT molecular complexity index is 639. The number of benzene rings is 1. The predicted octanol–water partition coefficient (Wildman–Crippen LogP) is 1.39. The molecular formula is C20H32IN5O2. The van der Waals surface area contributed by atoms with E-state index in [4.69, 9.17) is 0 Å². The van der Waals surface area contributed by atoms with Crippen molar-refractivity contribution in [3.8, 4) is 0 Å². The molecule has 3 N–H and O–H groups in total. The molecule has 1 aliphatic heterocycles. The minimum absolute atomic E-state index is 0. The van der Waals surface area contributed by atoms with Gasteiger partial charge in [-0.15, -0.1) is 24.0 Å². The summed E-state index contributed by atoms with van der Waals surface area (Å²) in [5, 5.41) is 9.11. The van der Waals surface area contributed by atoms with Gasteiger partial charge in [0.15, 0.2) is 5.96 Å². The van der Waals surface area contributed by atoms with Gasteiger partial charge in [-0.2, -0.15) is 0 Å². The third kappa shape index (κ3) is 8.45. The van der Waals surface area contributed by atoms with E-state index in [2.05, 4.69) is 33.1 Å². The van der Waals surface area contributed by atoms with Gasteiger partial charge in [0, 0.05) is 45.1 Å². The summed E-state index contributed by atoms with van der Waals surface area (Å²) < 4.78 is 0. The number of hydrogen-bond donors (Lipinski definition) is 3. The van der Waals surface area contributed by atoms with E-state index < -0.39 is 0 Å². The summed E-state index contributed by atoms with van der Waals surface area (Å²) in [5.74, 6) is 0.973. The number of hydrogen-bond acceptors (Lipinski definition) is 3. The van der Waals surface area contributed by atoms with E-state index in [0.29, 0.717) is 32.0 Å². The Morgan fingerprint density at radius 2 is 1.86 bits per heavy atom. The van der Waals surface area contributed by atoms with Crippen molar-refractivity contribution in [3.63, 3.8) is 0 Å². The van der Waals surface area contributed by atoms with Crippen LogP contribution in [0.2, 0.25) is 0 Å². The highest BCUT2D eigenvalue weighted by atomic mass is 127. The van der Waals surface area contributed by atoms with Gasteiger partial charge in [-0.1, -0.05) is 30.3 Å². The zero-order valence-electron chi connectivity index (χ0n) is 16.7. The molecule has 2 rings (SSSR count). The smallest absolute Gasteiger partial charge is 0.241 e. The van der Waals surface area contributed by atoms with Gasteiger partial charge >= 0.3 is 0 Å². The highest BCUT2D eigenvalue weighted by Gasteiger charge is 2.29. The zero-order chi connectivity index (χ0) is 19.5. The van der Waals surface area contributed by atoms with Gasteiger partial charge in [-0.3, -0.25) is 9.59 Å². The molecule has 1 heterocycles. The van der Waals surface area contributed by atoms with E-state index in [9.17, 15) is 9.59 Å². The fourth-order valence-electron chi connectivity index (χ4n) is 3.10. The number of guanidine groups is 1. The molecule has 28 heavy (non-hydrogen) atoms. The lowest BCUT2D eigenvalue weighted by Crippen LogP contribution is -2.41. The predicted molar refractivity (Wildman–Crippen MR) is 123 cm³/mol. The average Bonchev–Trinajstić information content (AvgIpc) is 3.03. The van der Waals surface area contributed by atoms with Crippen LogP contribution in [0.1, 0.15) is 25.8 Å². The first-order valence-corrected chi connectivity index (χ1v) is 9.73. The lowest BCUT2D eigenvalue weighted by Gasteiger charge is -2.18. The van der Waals surface area contributed by atoms with E-state index in [1.807, 2.05) is 36.9 Å². The van der Waals surface area contributed by atoms with Crippen molar-refractivity contribution in [2.24, 2.45) is 10.9 Å². The molecule has 2 amide bonds. The first-order valence-electron chi connectivity index (χ1n) is 9.73. The first kappa shape index (κ1) is 24.2. The first-order chi connectivity index (χ1) is 13.1. The van der Waals surface area contributed by atoms with Crippen molar-refractivity contribution in [1.82, 2.24) is 20.9 Å². The van der Waals surface area contributed by atoms with Crippen molar-refractivity contribution in [2.45, 2.75) is 26.7 Å². The van der Waals surface area contributed by atoms with Crippen LogP contribution in [0.5, 0.6) is 0 Å². The molecule has 1 atom stereocenters. The number of likely N-dealkylation sites (N-methyl/N-ethyl adjacent to an activating group) is 1. The van der Waals surface area contributed by atoms with E-state index in [-0.39, 0.29) is 48.3 Å². The summed E-state index contributed by atoms with van der Waals surface area (Å²) in [5.41, 5.74) is 1.25. The number of rotatable bonds is 9. The number of halogens is 1. The molecule has 8 heteroatoms. The summed E-state index contributed by atoms with van der Waals surface area (Å²) in [6.45, 7) is 7.44. The van der Waals surface area contributed by atoms with Crippen LogP contribution >= 0.6 is 24.0 Å². The van der Waals surface area contributed by atoms with E-state index in [1.165, 1.54) is 5.56 Å². The number of carbonyl (C=O) groups excluding carboxylic acids is 2. The molecule has 0 saturated carbocycles. The average molecular weight is 501 g/mol. The molecule has 1 unspecified atom stereocenters. The Morgan fingerprint density at radius 1 is 1.14 bits per heavy atom. The normalized spacial score (nSPS) is 16.5. The number of nitrogens with zero attached hydrogens (tertiary/aromatic N) is 2. The molecule has 1 aromatic rings. The van der Waals surface area contributed by atoms with Crippen LogP contribution in [0.4, 0.5) is 0 Å². The van der Waals surface area contributed by atoms with Crippen molar-refractivity contribution in [2.75, 3.05) is 39.3 Å². The molecule has 0 bridgehead atoms. The van der Waals surface area contributed by atoms with Crippen molar-refractivity contribution in [3.05, 3.63) is 35.9 Å². The molecule has 1 saturated heterocycles. The van der Waals surface area contributed by atoms with Crippen LogP contribution < -0.4 is 16.0 Å². The molecule has 1 aromatic carbocycles.